The highest BCUT2D eigenvalue weighted by atomic mass is 35.5. The van der Waals surface area contributed by atoms with Crippen LogP contribution < -0.4 is 5.32 Å². The van der Waals surface area contributed by atoms with Crippen LogP contribution in [0.25, 0.3) is 10.9 Å². The lowest BCUT2D eigenvalue weighted by atomic mass is 9.89. The summed E-state index contributed by atoms with van der Waals surface area (Å²) in [7, 11) is 0. The first-order valence-corrected chi connectivity index (χ1v) is 14.2. The number of nitrogens with zero attached hydrogens (tertiary/aromatic N) is 3. The molecule has 0 aliphatic heterocycles. The lowest BCUT2D eigenvalue weighted by Crippen LogP contribution is -2.34. The predicted molar refractivity (Wildman–Crippen MR) is 159 cm³/mol. The molecule has 2 N–H and O–H groups in total. The summed E-state index contributed by atoms with van der Waals surface area (Å²) < 4.78 is 0. The highest BCUT2D eigenvalue weighted by Crippen LogP contribution is 2.40. The van der Waals surface area contributed by atoms with Crippen LogP contribution in [-0.4, -0.2) is 25.8 Å². The lowest BCUT2D eigenvalue weighted by molar-refractivity contribution is 0.0950. The Morgan fingerprint density at radius 2 is 1.88 bits per heavy atom. The van der Waals surface area contributed by atoms with Crippen molar-refractivity contribution < 1.29 is 4.79 Å². The molecule has 0 saturated heterocycles. The molecule has 202 valence electrons. The number of benzene rings is 2. The molecule has 40 heavy (non-hydrogen) atoms. The zero-order chi connectivity index (χ0) is 27.5. The Morgan fingerprint density at radius 3 is 2.73 bits per heavy atom. The second-order valence-corrected chi connectivity index (χ2v) is 10.8. The fraction of sp³-hybridized carbons (Fsp3) is 0.242. The Bertz CT molecular complexity index is 1630. The van der Waals surface area contributed by atoms with E-state index in [2.05, 4.69) is 94.0 Å². The molecule has 0 bridgehead atoms. The first kappa shape index (κ1) is 26.2. The van der Waals surface area contributed by atoms with Crippen LogP contribution in [-0.2, 0) is 19.5 Å². The molecule has 3 aromatic heterocycles. The number of hydrogen-bond donors (Lipinski definition) is 2. The van der Waals surface area contributed by atoms with E-state index in [9.17, 15) is 4.79 Å². The maximum Gasteiger partial charge on any atom is 0.251 e. The number of hydrogen-bond acceptors (Lipinski definition) is 4. The van der Waals surface area contributed by atoms with Gasteiger partial charge in [0.05, 0.1) is 11.7 Å². The fourth-order valence-corrected chi connectivity index (χ4v) is 6.02. The molecule has 7 heteroatoms. The van der Waals surface area contributed by atoms with E-state index in [1.54, 1.807) is 12.1 Å². The van der Waals surface area contributed by atoms with Gasteiger partial charge in [-0.25, -0.2) is 4.98 Å². The van der Waals surface area contributed by atoms with Gasteiger partial charge in [-0.3, -0.25) is 14.7 Å². The van der Waals surface area contributed by atoms with Crippen LogP contribution in [0.2, 0.25) is 5.15 Å². The summed E-state index contributed by atoms with van der Waals surface area (Å²) in [5.74, 6) is -0.171. The van der Waals surface area contributed by atoms with Crippen LogP contribution in [0, 0.1) is 0 Å². The molecule has 2 aromatic carbocycles. The van der Waals surface area contributed by atoms with Crippen molar-refractivity contribution in [2.24, 2.45) is 0 Å². The van der Waals surface area contributed by atoms with Crippen molar-refractivity contribution >= 4 is 28.4 Å². The van der Waals surface area contributed by atoms with Crippen LogP contribution >= 0.6 is 11.6 Å². The number of para-hydroxylation sites is 1. The molecule has 1 aliphatic carbocycles. The SMILES string of the molecule is CC(c1c[nH]c2ccccc12)N(Cc1ccc(CNC(=O)c2ccnc(Cl)c2)cc1)C1CCCc2cccnc21. The van der Waals surface area contributed by atoms with Gasteiger partial charge in [-0.2, -0.15) is 0 Å². The summed E-state index contributed by atoms with van der Waals surface area (Å²) in [4.78, 5) is 27.4. The number of carbonyl (C=O) groups excluding carboxylic acids is 1. The molecule has 0 saturated carbocycles. The highest BCUT2D eigenvalue weighted by molar-refractivity contribution is 6.29. The van der Waals surface area contributed by atoms with Gasteiger partial charge in [-0.05, 0) is 72.7 Å². The van der Waals surface area contributed by atoms with Gasteiger partial charge in [0.2, 0.25) is 0 Å². The van der Waals surface area contributed by atoms with Crippen molar-refractivity contribution in [2.75, 3.05) is 0 Å². The van der Waals surface area contributed by atoms with Gasteiger partial charge in [0.15, 0.2) is 0 Å². The van der Waals surface area contributed by atoms with E-state index >= 15 is 0 Å². The Balaban J connectivity index is 1.24. The molecule has 6 nitrogen and oxygen atoms in total. The molecule has 0 radical (unpaired) electrons. The summed E-state index contributed by atoms with van der Waals surface area (Å²) in [5, 5.41) is 4.54. The molecule has 6 rings (SSSR count). The van der Waals surface area contributed by atoms with Crippen molar-refractivity contribution in [1.29, 1.82) is 0 Å². The third kappa shape index (κ3) is 5.51. The smallest absolute Gasteiger partial charge is 0.251 e. The lowest BCUT2D eigenvalue weighted by Gasteiger charge is -2.39. The average molecular weight is 550 g/mol. The number of rotatable bonds is 8. The molecular formula is C33H32ClN5O. The minimum Gasteiger partial charge on any atom is -0.361 e. The average Bonchev–Trinajstić information content (AvgIpc) is 3.43. The van der Waals surface area contributed by atoms with Crippen molar-refractivity contribution in [3.8, 4) is 0 Å². The normalized spacial score (nSPS) is 15.6. The van der Waals surface area contributed by atoms with Gasteiger partial charge < -0.3 is 10.3 Å². The second-order valence-electron chi connectivity index (χ2n) is 10.5. The first-order valence-electron chi connectivity index (χ1n) is 13.8. The van der Waals surface area contributed by atoms with Crippen molar-refractivity contribution in [2.45, 2.75) is 51.4 Å². The zero-order valence-electron chi connectivity index (χ0n) is 22.5. The summed E-state index contributed by atoms with van der Waals surface area (Å²) in [6.07, 6.45) is 8.94. The summed E-state index contributed by atoms with van der Waals surface area (Å²) in [5.41, 5.74) is 7.79. The fourth-order valence-electron chi connectivity index (χ4n) is 5.84. The van der Waals surface area contributed by atoms with Gasteiger partial charge in [0.1, 0.15) is 5.15 Å². The molecule has 2 unspecified atom stereocenters. The standard InChI is InChI=1S/C33H32ClN5O/c1-22(28-20-37-29-9-3-2-8-27(28)29)39(30-10-4-6-25-7-5-16-36-32(25)30)21-24-13-11-23(12-14-24)19-38-33(40)26-15-17-35-31(34)18-26/h2-3,5,7-9,11-18,20,22,30,37H,4,6,10,19,21H2,1H3,(H,38,40). The number of halogens is 1. The van der Waals surface area contributed by atoms with E-state index in [0.717, 1.165) is 36.9 Å². The topological polar surface area (TPSA) is 73.9 Å². The van der Waals surface area contributed by atoms with Crippen LogP contribution in [0.1, 0.15) is 70.2 Å². The zero-order valence-corrected chi connectivity index (χ0v) is 23.2. The Morgan fingerprint density at radius 1 is 1.05 bits per heavy atom. The van der Waals surface area contributed by atoms with E-state index in [1.165, 1.54) is 34.0 Å². The number of aromatic nitrogens is 3. The van der Waals surface area contributed by atoms with E-state index in [0.29, 0.717) is 17.3 Å². The predicted octanol–water partition coefficient (Wildman–Crippen LogP) is 7.18. The number of aromatic amines is 1. The molecule has 0 spiro atoms. The molecule has 2 atom stereocenters. The van der Waals surface area contributed by atoms with Crippen molar-refractivity contribution in [1.82, 2.24) is 25.2 Å². The van der Waals surface area contributed by atoms with Gasteiger partial charge >= 0.3 is 0 Å². The maximum absolute atomic E-state index is 12.5. The number of H-pyrrole nitrogens is 1. The van der Waals surface area contributed by atoms with Crippen molar-refractivity contribution in [3.63, 3.8) is 0 Å². The summed E-state index contributed by atoms with van der Waals surface area (Å²) in [6, 6.07) is 25.0. The number of nitrogens with one attached hydrogen (secondary N) is 2. The Kier molecular flexibility index (Phi) is 7.62. The third-order valence-corrected chi connectivity index (χ3v) is 8.17. The number of pyridine rings is 2. The minimum absolute atomic E-state index is 0.171. The van der Waals surface area contributed by atoms with Crippen LogP contribution in [0.4, 0.5) is 0 Å². The molecule has 3 heterocycles. The molecule has 1 amide bonds. The van der Waals surface area contributed by atoms with E-state index in [4.69, 9.17) is 16.6 Å². The number of carbonyl (C=O) groups is 1. The Hall–Kier alpha value is -4.00. The summed E-state index contributed by atoms with van der Waals surface area (Å²) >= 11 is 5.93. The largest absolute Gasteiger partial charge is 0.361 e. The van der Waals surface area contributed by atoms with Crippen LogP contribution in [0.3, 0.4) is 0 Å². The summed E-state index contributed by atoms with van der Waals surface area (Å²) in [6.45, 7) is 3.54. The van der Waals surface area contributed by atoms with Gasteiger partial charge in [-0.1, -0.05) is 60.1 Å². The monoisotopic (exact) mass is 549 g/mol. The highest BCUT2D eigenvalue weighted by Gasteiger charge is 2.31. The number of fused-ring (bicyclic) bond motifs is 2. The Labute approximate surface area is 239 Å². The molecule has 1 aliphatic rings. The van der Waals surface area contributed by atoms with Crippen LogP contribution in [0.15, 0.2) is 91.4 Å². The quantitative estimate of drug-likeness (QED) is 0.201. The van der Waals surface area contributed by atoms with Crippen molar-refractivity contribution in [3.05, 3.63) is 130 Å². The number of aryl methyl sites for hydroxylation is 1. The van der Waals surface area contributed by atoms with E-state index in [-0.39, 0.29) is 18.0 Å². The third-order valence-electron chi connectivity index (χ3n) is 7.96. The van der Waals surface area contributed by atoms with Crippen LogP contribution in [0.5, 0.6) is 0 Å². The van der Waals surface area contributed by atoms with Gasteiger partial charge in [0, 0.05) is 54.2 Å². The van der Waals surface area contributed by atoms with E-state index < -0.39 is 0 Å². The number of amides is 1. The van der Waals surface area contributed by atoms with E-state index in [1.807, 2.05) is 6.20 Å². The molecular weight excluding hydrogens is 518 g/mol. The first-order chi connectivity index (χ1) is 19.6. The van der Waals surface area contributed by atoms with Gasteiger partial charge in [-0.15, -0.1) is 0 Å². The molecule has 5 aromatic rings. The molecule has 0 fully saturated rings. The maximum atomic E-state index is 12.5. The second kappa shape index (κ2) is 11.6. The minimum atomic E-state index is -0.171. The van der Waals surface area contributed by atoms with Gasteiger partial charge in [0.25, 0.3) is 5.91 Å².